The van der Waals surface area contributed by atoms with Crippen LogP contribution in [0.1, 0.15) is 36.1 Å². The van der Waals surface area contributed by atoms with Gasteiger partial charge in [0.1, 0.15) is 10.5 Å². The number of thiazole rings is 1. The minimum Gasteiger partial charge on any atom is -0.456 e. The molecular formula is C9H15N3O2S. The number of aromatic nitrogens is 1. The number of hydrogen-bond donors (Lipinski definition) is 2. The maximum atomic E-state index is 11.7. The van der Waals surface area contributed by atoms with Crippen LogP contribution >= 0.6 is 11.3 Å². The second-order valence-electron chi connectivity index (χ2n) is 4.08. The molecule has 15 heavy (non-hydrogen) atoms. The van der Waals surface area contributed by atoms with Gasteiger partial charge in [-0.3, -0.25) is 5.43 Å². The summed E-state index contributed by atoms with van der Waals surface area (Å²) in [5, 5.41) is 0.508. The molecule has 0 unspecified atom stereocenters. The summed E-state index contributed by atoms with van der Waals surface area (Å²) in [4.78, 5) is 16.2. The Morgan fingerprint density at radius 3 is 2.53 bits per heavy atom. The van der Waals surface area contributed by atoms with Crippen molar-refractivity contribution in [3.63, 3.8) is 0 Å². The van der Waals surface area contributed by atoms with Crippen LogP contribution in [-0.2, 0) is 4.74 Å². The third-order valence-corrected chi connectivity index (χ3v) is 2.57. The molecule has 0 amide bonds. The fraction of sp³-hybridized carbons (Fsp3) is 0.556. The Balaban J connectivity index is 2.87. The van der Waals surface area contributed by atoms with Gasteiger partial charge in [-0.15, -0.1) is 0 Å². The molecule has 84 valence electrons. The van der Waals surface area contributed by atoms with E-state index in [1.54, 1.807) is 6.92 Å². The largest absolute Gasteiger partial charge is 0.456 e. The van der Waals surface area contributed by atoms with Crippen LogP contribution in [0.15, 0.2) is 0 Å². The van der Waals surface area contributed by atoms with E-state index in [0.29, 0.717) is 15.7 Å². The Morgan fingerprint density at radius 2 is 2.13 bits per heavy atom. The van der Waals surface area contributed by atoms with Gasteiger partial charge < -0.3 is 4.74 Å². The van der Waals surface area contributed by atoms with Crippen LogP contribution in [0.5, 0.6) is 0 Å². The van der Waals surface area contributed by atoms with E-state index in [1.807, 2.05) is 20.8 Å². The van der Waals surface area contributed by atoms with Gasteiger partial charge in [-0.1, -0.05) is 11.3 Å². The fourth-order valence-electron chi connectivity index (χ4n) is 0.972. The maximum absolute atomic E-state index is 11.7. The number of hydrogen-bond acceptors (Lipinski definition) is 6. The van der Waals surface area contributed by atoms with Gasteiger partial charge >= 0.3 is 5.97 Å². The van der Waals surface area contributed by atoms with Crippen molar-refractivity contribution in [2.45, 2.75) is 33.3 Å². The van der Waals surface area contributed by atoms with Crippen LogP contribution in [0.4, 0.5) is 5.13 Å². The molecule has 1 rings (SSSR count). The lowest BCUT2D eigenvalue weighted by molar-refractivity contribution is 0.00742. The van der Waals surface area contributed by atoms with E-state index in [-0.39, 0.29) is 5.97 Å². The number of ether oxygens (including phenoxy) is 1. The number of aryl methyl sites for hydroxylation is 1. The number of hydrazine groups is 1. The van der Waals surface area contributed by atoms with Crippen LogP contribution in [0.25, 0.3) is 0 Å². The topological polar surface area (TPSA) is 77.2 Å². The van der Waals surface area contributed by atoms with Gasteiger partial charge in [0.05, 0.1) is 5.69 Å². The summed E-state index contributed by atoms with van der Waals surface area (Å²) in [6.07, 6.45) is 0. The van der Waals surface area contributed by atoms with Gasteiger partial charge in [0, 0.05) is 0 Å². The summed E-state index contributed by atoms with van der Waals surface area (Å²) in [6.45, 7) is 7.21. The van der Waals surface area contributed by atoms with Gasteiger partial charge in [0.2, 0.25) is 0 Å². The van der Waals surface area contributed by atoms with Gasteiger partial charge in [-0.25, -0.2) is 15.6 Å². The molecule has 0 saturated carbocycles. The normalized spacial score (nSPS) is 11.3. The monoisotopic (exact) mass is 229 g/mol. The van der Waals surface area contributed by atoms with Crippen molar-refractivity contribution in [2.75, 3.05) is 5.43 Å². The molecule has 0 aromatic carbocycles. The molecule has 1 aromatic rings. The van der Waals surface area contributed by atoms with E-state index in [1.165, 1.54) is 11.3 Å². The first kappa shape index (κ1) is 11.9. The van der Waals surface area contributed by atoms with Crippen molar-refractivity contribution in [3.05, 3.63) is 10.6 Å². The second-order valence-corrected chi connectivity index (χ2v) is 5.08. The molecule has 0 atom stereocenters. The third-order valence-electron chi connectivity index (χ3n) is 1.50. The summed E-state index contributed by atoms with van der Waals surface area (Å²) in [5.41, 5.74) is 2.54. The Morgan fingerprint density at radius 1 is 1.53 bits per heavy atom. The lowest BCUT2D eigenvalue weighted by atomic mass is 10.2. The zero-order valence-corrected chi connectivity index (χ0v) is 10.1. The lowest BCUT2D eigenvalue weighted by Gasteiger charge is -2.18. The Bertz CT molecular complexity index is 368. The van der Waals surface area contributed by atoms with Crippen LogP contribution in [0, 0.1) is 6.92 Å². The van der Waals surface area contributed by atoms with Crippen molar-refractivity contribution in [1.29, 1.82) is 0 Å². The fourth-order valence-corrected chi connectivity index (χ4v) is 1.73. The quantitative estimate of drug-likeness (QED) is 0.458. The molecule has 1 heterocycles. The third kappa shape index (κ3) is 3.17. The molecule has 3 N–H and O–H groups in total. The highest BCUT2D eigenvalue weighted by Gasteiger charge is 2.22. The van der Waals surface area contributed by atoms with E-state index in [4.69, 9.17) is 10.6 Å². The van der Waals surface area contributed by atoms with Crippen LogP contribution in [0.3, 0.4) is 0 Å². The predicted molar refractivity (Wildman–Crippen MR) is 59.8 cm³/mol. The highest BCUT2D eigenvalue weighted by Crippen LogP contribution is 2.24. The molecule has 0 saturated heterocycles. The summed E-state index contributed by atoms with van der Waals surface area (Å²) < 4.78 is 5.23. The molecule has 0 aliphatic heterocycles. The van der Waals surface area contributed by atoms with Crippen molar-refractivity contribution >= 4 is 22.4 Å². The number of carbonyl (C=O) groups excluding carboxylic acids is 1. The predicted octanol–water partition coefficient (Wildman–Crippen LogP) is 1.69. The average Bonchev–Trinajstić information content (AvgIpc) is 2.43. The minimum atomic E-state index is -0.496. The highest BCUT2D eigenvalue weighted by molar-refractivity contribution is 7.17. The summed E-state index contributed by atoms with van der Waals surface area (Å²) in [5.74, 6) is 4.84. The first-order chi connectivity index (χ1) is 6.83. The van der Waals surface area contributed by atoms with Gasteiger partial charge in [0.15, 0.2) is 5.13 Å². The smallest absolute Gasteiger partial charge is 0.350 e. The summed E-state index contributed by atoms with van der Waals surface area (Å²) in [6, 6.07) is 0. The molecule has 0 aliphatic carbocycles. The first-order valence-electron chi connectivity index (χ1n) is 4.51. The average molecular weight is 229 g/mol. The van der Waals surface area contributed by atoms with Crippen LogP contribution in [-0.4, -0.2) is 16.6 Å². The lowest BCUT2D eigenvalue weighted by Crippen LogP contribution is -2.23. The molecule has 0 fully saturated rings. The first-order valence-corrected chi connectivity index (χ1v) is 5.32. The van der Waals surface area contributed by atoms with Gasteiger partial charge in [-0.05, 0) is 27.7 Å². The Hall–Kier alpha value is -1.14. The van der Waals surface area contributed by atoms with Crippen LogP contribution in [0.2, 0.25) is 0 Å². The molecular weight excluding hydrogens is 214 g/mol. The van der Waals surface area contributed by atoms with Crippen LogP contribution < -0.4 is 11.3 Å². The summed E-state index contributed by atoms with van der Waals surface area (Å²) >= 11 is 1.19. The maximum Gasteiger partial charge on any atom is 0.350 e. The zero-order chi connectivity index (χ0) is 11.6. The molecule has 0 aliphatic rings. The molecule has 6 heteroatoms. The number of nitrogens with zero attached hydrogens (tertiary/aromatic N) is 1. The van der Waals surface area contributed by atoms with Crippen molar-refractivity contribution in [2.24, 2.45) is 5.84 Å². The molecule has 0 spiro atoms. The van der Waals surface area contributed by atoms with E-state index in [9.17, 15) is 4.79 Å². The van der Waals surface area contributed by atoms with E-state index < -0.39 is 5.60 Å². The van der Waals surface area contributed by atoms with Crippen molar-refractivity contribution in [1.82, 2.24) is 4.98 Å². The minimum absolute atomic E-state index is 0.362. The molecule has 0 radical (unpaired) electrons. The van der Waals surface area contributed by atoms with E-state index in [2.05, 4.69) is 10.4 Å². The van der Waals surface area contributed by atoms with E-state index in [0.717, 1.165) is 0 Å². The number of esters is 1. The van der Waals surface area contributed by atoms with Crippen molar-refractivity contribution in [3.8, 4) is 0 Å². The number of nitrogens with one attached hydrogen (secondary N) is 1. The zero-order valence-electron chi connectivity index (χ0n) is 9.25. The number of rotatable bonds is 2. The number of nitrogen functional groups attached to an aromatic ring is 1. The molecule has 0 bridgehead atoms. The van der Waals surface area contributed by atoms with Gasteiger partial charge in [0.25, 0.3) is 0 Å². The number of anilines is 1. The Labute approximate surface area is 92.6 Å². The number of nitrogens with two attached hydrogens (primary N) is 1. The Kier molecular flexibility index (Phi) is 3.31. The highest BCUT2D eigenvalue weighted by atomic mass is 32.1. The van der Waals surface area contributed by atoms with Crippen molar-refractivity contribution < 1.29 is 9.53 Å². The van der Waals surface area contributed by atoms with Gasteiger partial charge in [-0.2, -0.15) is 0 Å². The summed E-state index contributed by atoms with van der Waals surface area (Å²) in [7, 11) is 0. The second kappa shape index (κ2) is 4.16. The standard InChI is InChI=1S/C9H15N3O2S/c1-5-6(15-8(11-5)12-10)7(13)14-9(2,3)4/h10H2,1-4H3,(H,11,12). The molecule has 1 aromatic heterocycles. The SMILES string of the molecule is Cc1nc(NN)sc1C(=O)OC(C)(C)C. The number of carbonyl (C=O) groups is 1. The molecule has 5 nitrogen and oxygen atoms in total. The van der Waals surface area contributed by atoms with E-state index >= 15 is 0 Å².